The summed E-state index contributed by atoms with van der Waals surface area (Å²) in [5.41, 5.74) is 3.20. The van der Waals surface area contributed by atoms with Gasteiger partial charge in [-0.3, -0.25) is 14.8 Å². The van der Waals surface area contributed by atoms with Crippen molar-refractivity contribution < 1.29 is 19.5 Å². The van der Waals surface area contributed by atoms with E-state index in [0.717, 1.165) is 42.3 Å². The van der Waals surface area contributed by atoms with E-state index in [1.54, 1.807) is 35.8 Å². The fraction of sp³-hybridized carbons (Fsp3) is 0.310. The lowest BCUT2D eigenvalue weighted by molar-refractivity contribution is -0.118. The normalized spacial score (nSPS) is 15.2. The smallest absolute Gasteiger partial charge is 0.274 e. The number of likely N-dealkylation sites (tertiary alicyclic amines) is 1. The van der Waals surface area contributed by atoms with Crippen LogP contribution in [0.2, 0.25) is 0 Å². The Morgan fingerprint density at radius 3 is 2.42 bits per heavy atom. The molecule has 0 atom stereocenters. The van der Waals surface area contributed by atoms with Crippen LogP contribution in [0.3, 0.4) is 0 Å². The molecule has 1 aliphatic heterocycles. The van der Waals surface area contributed by atoms with Crippen LogP contribution in [-0.2, 0) is 4.79 Å². The maximum absolute atomic E-state index is 13.4. The summed E-state index contributed by atoms with van der Waals surface area (Å²) >= 11 is 0. The van der Waals surface area contributed by atoms with Gasteiger partial charge < -0.3 is 15.0 Å². The zero-order chi connectivity index (χ0) is 25.5. The monoisotopic (exact) mass is 487 g/mol. The van der Waals surface area contributed by atoms with Crippen LogP contribution in [0.1, 0.15) is 42.6 Å². The predicted molar refractivity (Wildman–Crippen MR) is 141 cm³/mol. The zero-order valence-corrected chi connectivity index (χ0v) is 20.7. The number of nitrogens with one attached hydrogen (secondary N) is 2. The molecule has 1 saturated heterocycles. The second-order valence-electron chi connectivity index (χ2n) is 9.38. The van der Waals surface area contributed by atoms with Crippen molar-refractivity contribution in [3.8, 4) is 5.75 Å². The van der Waals surface area contributed by atoms with Gasteiger partial charge in [0.25, 0.3) is 11.8 Å². The molecular formula is C29H33N3O4. The summed E-state index contributed by atoms with van der Waals surface area (Å²) in [7, 11) is 0. The van der Waals surface area contributed by atoms with Gasteiger partial charge in [-0.15, -0.1) is 0 Å². The van der Waals surface area contributed by atoms with Crippen LogP contribution in [0.25, 0.3) is 16.8 Å². The summed E-state index contributed by atoms with van der Waals surface area (Å²) in [4.78, 5) is 27.4. The molecule has 36 heavy (non-hydrogen) atoms. The SMILES string of the molecule is CC(C)N1CCC(NC(=O)C(=Cc2ccc(C(=O)NO)cc2)COc2cccc3ccccc23)CC1. The van der Waals surface area contributed by atoms with Crippen molar-refractivity contribution in [2.45, 2.75) is 38.8 Å². The minimum atomic E-state index is -0.587. The Balaban J connectivity index is 1.53. The minimum Gasteiger partial charge on any atom is -0.488 e. The number of nitrogens with zero attached hydrogens (tertiary/aromatic N) is 1. The fourth-order valence-corrected chi connectivity index (χ4v) is 4.48. The summed E-state index contributed by atoms with van der Waals surface area (Å²) in [6.07, 6.45) is 3.60. The Morgan fingerprint density at radius 2 is 1.72 bits per heavy atom. The molecule has 3 aromatic carbocycles. The Hall–Kier alpha value is -3.68. The number of fused-ring (bicyclic) bond motifs is 1. The van der Waals surface area contributed by atoms with Gasteiger partial charge in [-0.2, -0.15) is 0 Å². The Morgan fingerprint density at radius 1 is 1.03 bits per heavy atom. The van der Waals surface area contributed by atoms with E-state index < -0.39 is 5.91 Å². The van der Waals surface area contributed by atoms with Gasteiger partial charge in [-0.25, -0.2) is 5.48 Å². The molecule has 188 valence electrons. The third-order valence-corrected chi connectivity index (χ3v) is 6.63. The summed E-state index contributed by atoms with van der Waals surface area (Å²) in [6.45, 7) is 6.41. The van der Waals surface area contributed by atoms with E-state index in [1.165, 1.54) is 0 Å². The second kappa shape index (κ2) is 11.8. The van der Waals surface area contributed by atoms with Crippen molar-refractivity contribution >= 4 is 28.7 Å². The van der Waals surface area contributed by atoms with Crippen molar-refractivity contribution in [1.82, 2.24) is 15.7 Å². The number of hydrogen-bond acceptors (Lipinski definition) is 5. The summed E-state index contributed by atoms with van der Waals surface area (Å²) in [6, 6.07) is 21.1. The largest absolute Gasteiger partial charge is 0.488 e. The Labute approximate surface area is 211 Å². The number of carbonyl (C=O) groups excluding carboxylic acids is 2. The summed E-state index contributed by atoms with van der Waals surface area (Å²) in [5, 5.41) is 14.1. The lowest BCUT2D eigenvalue weighted by Crippen LogP contribution is -2.47. The first-order chi connectivity index (χ1) is 17.4. The van der Waals surface area contributed by atoms with Crippen molar-refractivity contribution in [3.05, 3.63) is 83.4 Å². The average molecular weight is 488 g/mol. The molecule has 4 rings (SSSR count). The van der Waals surface area contributed by atoms with Gasteiger partial charge in [0.05, 0.1) is 5.57 Å². The van der Waals surface area contributed by atoms with Gasteiger partial charge >= 0.3 is 0 Å². The van der Waals surface area contributed by atoms with Crippen molar-refractivity contribution in [2.24, 2.45) is 0 Å². The highest BCUT2D eigenvalue weighted by Gasteiger charge is 2.23. The van der Waals surface area contributed by atoms with Gasteiger partial charge in [-0.05, 0) is 61.9 Å². The molecule has 7 heteroatoms. The van der Waals surface area contributed by atoms with Gasteiger partial charge in [0, 0.05) is 36.1 Å². The third kappa shape index (κ3) is 6.30. The fourth-order valence-electron chi connectivity index (χ4n) is 4.48. The maximum Gasteiger partial charge on any atom is 0.274 e. The molecule has 2 amide bonds. The highest BCUT2D eigenvalue weighted by Crippen LogP contribution is 2.26. The van der Waals surface area contributed by atoms with E-state index in [2.05, 4.69) is 24.1 Å². The van der Waals surface area contributed by atoms with Crippen molar-refractivity contribution in [3.63, 3.8) is 0 Å². The number of ether oxygens (including phenoxy) is 1. The van der Waals surface area contributed by atoms with Crippen LogP contribution in [-0.4, -0.2) is 53.7 Å². The summed E-state index contributed by atoms with van der Waals surface area (Å²) in [5.74, 6) is -0.0297. The number of rotatable bonds is 8. The zero-order valence-electron chi connectivity index (χ0n) is 20.7. The van der Waals surface area contributed by atoms with Crippen LogP contribution >= 0.6 is 0 Å². The lowest BCUT2D eigenvalue weighted by Gasteiger charge is -2.35. The first kappa shape index (κ1) is 25.4. The molecule has 3 N–H and O–H groups in total. The maximum atomic E-state index is 13.4. The molecule has 0 spiro atoms. The molecule has 1 fully saturated rings. The van der Waals surface area contributed by atoms with E-state index in [-0.39, 0.29) is 18.6 Å². The topological polar surface area (TPSA) is 90.9 Å². The second-order valence-corrected chi connectivity index (χ2v) is 9.38. The van der Waals surface area contributed by atoms with E-state index >= 15 is 0 Å². The quantitative estimate of drug-likeness (QED) is 0.249. The molecule has 0 unspecified atom stereocenters. The first-order valence-electron chi connectivity index (χ1n) is 12.3. The van der Waals surface area contributed by atoms with Crippen LogP contribution in [0.4, 0.5) is 0 Å². The number of hydrogen-bond donors (Lipinski definition) is 3. The number of piperidine rings is 1. The molecule has 1 aliphatic rings. The average Bonchev–Trinajstić information content (AvgIpc) is 2.91. The highest BCUT2D eigenvalue weighted by molar-refractivity contribution is 5.99. The van der Waals surface area contributed by atoms with Gasteiger partial charge in [-0.1, -0.05) is 48.5 Å². The molecule has 0 aromatic heterocycles. The van der Waals surface area contributed by atoms with Gasteiger partial charge in [0.2, 0.25) is 0 Å². The third-order valence-electron chi connectivity index (χ3n) is 6.63. The summed E-state index contributed by atoms with van der Waals surface area (Å²) < 4.78 is 6.16. The molecule has 0 aliphatic carbocycles. The molecule has 0 bridgehead atoms. The van der Waals surface area contributed by atoms with Gasteiger partial charge in [0.1, 0.15) is 12.4 Å². The first-order valence-corrected chi connectivity index (χ1v) is 12.3. The number of carbonyl (C=O) groups is 2. The van der Waals surface area contributed by atoms with E-state index in [4.69, 9.17) is 9.94 Å². The molecule has 3 aromatic rings. The predicted octanol–water partition coefficient (Wildman–Crippen LogP) is 4.41. The standard InChI is InChI=1S/C29H33N3O4/c1-20(2)32-16-14-25(15-17-32)30-28(33)24(18-21-10-12-23(13-11-21)29(34)31-35)19-36-27-9-5-7-22-6-3-4-8-26(22)27/h3-13,18,20,25,35H,14-17,19H2,1-2H3,(H,30,33)(H,31,34). The minimum absolute atomic E-state index is 0.101. The molecule has 7 nitrogen and oxygen atoms in total. The Kier molecular flexibility index (Phi) is 8.36. The molecule has 0 saturated carbocycles. The number of hydroxylamine groups is 1. The molecule has 1 heterocycles. The highest BCUT2D eigenvalue weighted by atomic mass is 16.5. The Bertz CT molecular complexity index is 1220. The van der Waals surface area contributed by atoms with Gasteiger partial charge in [0.15, 0.2) is 0 Å². The molecule has 0 radical (unpaired) electrons. The van der Waals surface area contributed by atoms with Crippen molar-refractivity contribution in [1.29, 1.82) is 0 Å². The number of amides is 2. The van der Waals surface area contributed by atoms with Crippen LogP contribution in [0.5, 0.6) is 5.75 Å². The van der Waals surface area contributed by atoms with E-state index in [0.29, 0.717) is 22.9 Å². The van der Waals surface area contributed by atoms with E-state index in [1.807, 2.05) is 42.5 Å². The molecular weight excluding hydrogens is 454 g/mol. The van der Waals surface area contributed by atoms with E-state index in [9.17, 15) is 9.59 Å². The lowest BCUT2D eigenvalue weighted by atomic mass is 10.0. The number of benzene rings is 3. The van der Waals surface area contributed by atoms with Crippen LogP contribution in [0.15, 0.2) is 72.3 Å². The van der Waals surface area contributed by atoms with Crippen LogP contribution in [0, 0.1) is 0 Å². The van der Waals surface area contributed by atoms with Crippen molar-refractivity contribution in [2.75, 3.05) is 19.7 Å². The van der Waals surface area contributed by atoms with Crippen LogP contribution < -0.4 is 15.5 Å².